The standard InChI is InChI=1S/C18H22N4O3/c1-23-17-7-16(20-13-21-17)22-11-18(12-22)8-15(4-6-25-18)24-10-14-3-2-5-19-9-14/h2-3,5,7,9,13,15H,4,6,8,10-12H2,1H3. The Bertz CT molecular complexity index is 706. The van der Waals surface area contributed by atoms with Crippen LogP contribution in [-0.2, 0) is 16.1 Å². The van der Waals surface area contributed by atoms with Gasteiger partial charge in [0, 0.05) is 31.5 Å². The molecule has 0 aromatic carbocycles. The van der Waals surface area contributed by atoms with Gasteiger partial charge in [0.15, 0.2) is 0 Å². The van der Waals surface area contributed by atoms with Crippen LogP contribution >= 0.6 is 0 Å². The average Bonchev–Trinajstić information content (AvgIpc) is 2.65. The molecule has 0 N–H and O–H groups in total. The number of nitrogens with zero attached hydrogens (tertiary/aromatic N) is 4. The van der Waals surface area contributed by atoms with Crippen LogP contribution < -0.4 is 9.64 Å². The quantitative estimate of drug-likeness (QED) is 0.821. The summed E-state index contributed by atoms with van der Waals surface area (Å²) in [5.74, 6) is 1.45. The third-order valence-electron chi connectivity index (χ3n) is 4.77. The van der Waals surface area contributed by atoms with Gasteiger partial charge in [-0.3, -0.25) is 4.98 Å². The Morgan fingerprint density at radius 2 is 2.28 bits per heavy atom. The summed E-state index contributed by atoms with van der Waals surface area (Å²) in [6.07, 6.45) is 7.22. The van der Waals surface area contributed by atoms with Crippen LogP contribution in [0.25, 0.3) is 0 Å². The van der Waals surface area contributed by atoms with Gasteiger partial charge in [0.25, 0.3) is 0 Å². The van der Waals surface area contributed by atoms with E-state index in [1.165, 1.54) is 6.33 Å². The molecule has 1 spiro atoms. The highest BCUT2D eigenvalue weighted by molar-refractivity contribution is 5.45. The van der Waals surface area contributed by atoms with Crippen molar-refractivity contribution in [1.82, 2.24) is 15.0 Å². The van der Waals surface area contributed by atoms with Crippen LogP contribution in [0.15, 0.2) is 36.9 Å². The molecule has 2 fully saturated rings. The first kappa shape index (κ1) is 16.2. The zero-order valence-corrected chi connectivity index (χ0v) is 14.3. The summed E-state index contributed by atoms with van der Waals surface area (Å²) >= 11 is 0. The van der Waals surface area contributed by atoms with Crippen molar-refractivity contribution in [1.29, 1.82) is 0 Å². The van der Waals surface area contributed by atoms with Crippen LogP contribution in [0.2, 0.25) is 0 Å². The first-order chi connectivity index (χ1) is 12.3. The molecule has 0 radical (unpaired) electrons. The molecule has 132 valence electrons. The number of anilines is 1. The normalized spacial score (nSPS) is 21.8. The Labute approximate surface area is 147 Å². The highest BCUT2D eigenvalue weighted by Gasteiger charge is 2.48. The maximum Gasteiger partial charge on any atom is 0.218 e. The van der Waals surface area contributed by atoms with Gasteiger partial charge < -0.3 is 19.1 Å². The largest absolute Gasteiger partial charge is 0.481 e. The van der Waals surface area contributed by atoms with Crippen molar-refractivity contribution in [3.8, 4) is 5.88 Å². The van der Waals surface area contributed by atoms with Crippen LogP contribution in [0, 0.1) is 0 Å². The lowest BCUT2D eigenvalue weighted by Crippen LogP contribution is -2.66. The summed E-state index contributed by atoms with van der Waals surface area (Å²) in [5.41, 5.74) is 0.974. The average molecular weight is 342 g/mol. The Balaban J connectivity index is 1.33. The van der Waals surface area contributed by atoms with Gasteiger partial charge in [-0.05, 0) is 18.1 Å². The highest BCUT2D eigenvalue weighted by Crippen LogP contribution is 2.37. The van der Waals surface area contributed by atoms with Gasteiger partial charge in [0.1, 0.15) is 17.7 Å². The molecular weight excluding hydrogens is 320 g/mol. The predicted octanol–water partition coefficient (Wildman–Crippen LogP) is 1.83. The zero-order chi connectivity index (χ0) is 17.1. The lowest BCUT2D eigenvalue weighted by molar-refractivity contribution is -0.148. The minimum Gasteiger partial charge on any atom is -0.481 e. The lowest BCUT2D eigenvalue weighted by atomic mass is 9.84. The van der Waals surface area contributed by atoms with E-state index in [-0.39, 0.29) is 11.7 Å². The number of hydrogen-bond donors (Lipinski definition) is 0. The summed E-state index contributed by atoms with van der Waals surface area (Å²) in [6, 6.07) is 5.83. The highest BCUT2D eigenvalue weighted by atomic mass is 16.5. The molecule has 25 heavy (non-hydrogen) atoms. The lowest BCUT2D eigenvalue weighted by Gasteiger charge is -2.53. The summed E-state index contributed by atoms with van der Waals surface area (Å²) in [6.45, 7) is 2.97. The smallest absolute Gasteiger partial charge is 0.218 e. The molecule has 2 aromatic rings. The second-order valence-electron chi connectivity index (χ2n) is 6.59. The number of hydrogen-bond acceptors (Lipinski definition) is 7. The molecule has 4 rings (SSSR count). The zero-order valence-electron chi connectivity index (χ0n) is 14.3. The van der Waals surface area contributed by atoms with Gasteiger partial charge in [0.05, 0.1) is 32.9 Å². The Kier molecular flexibility index (Phi) is 4.50. The summed E-state index contributed by atoms with van der Waals surface area (Å²) < 4.78 is 17.3. The first-order valence-corrected chi connectivity index (χ1v) is 8.52. The number of methoxy groups -OCH3 is 1. The SMILES string of the molecule is COc1cc(N2CC3(CC(OCc4cccnc4)CCO3)C2)ncn1. The molecule has 2 saturated heterocycles. The van der Waals surface area contributed by atoms with Crippen molar-refractivity contribution < 1.29 is 14.2 Å². The van der Waals surface area contributed by atoms with Gasteiger partial charge in [-0.1, -0.05) is 6.07 Å². The molecule has 4 heterocycles. The van der Waals surface area contributed by atoms with Gasteiger partial charge in [-0.15, -0.1) is 0 Å². The van der Waals surface area contributed by atoms with Gasteiger partial charge >= 0.3 is 0 Å². The van der Waals surface area contributed by atoms with Crippen molar-refractivity contribution in [3.63, 3.8) is 0 Å². The first-order valence-electron chi connectivity index (χ1n) is 8.52. The number of ether oxygens (including phenoxy) is 3. The predicted molar refractivity (Wildman–Crippen MR) is 91.5 cm³/mol. The fourth-order valence-corrected chi connectivity index (χ4v) is 3.47. The van der Waals surface area contributed by atoms with E-state index in [9.17, 15) is 0 Å². The van der Waals surface area contributed by atoms with Crippen LogP contribution in [-0.4, -0.2) is 53.5 Å². The summed E-state index contributed by atoms with van der Waals surface area (Å²) in [7, 11) is 1.61. The second kappa shape index (κ2) is 6.93. The van der Waals surface area contributed by atoms with Crippen LogP contribution in [0.3, 0.4) is 0 Å². The van der Waals surface area contributed by atoms with Gasteiger partial charge in [-0.2, -0.15) is 0 Å². The molecule has 0 saturated carbocycles. The van der Waals surface area contributed by atoms with E-state index in [1.54, 1.807) is 13.3 Å². The minimum atomic E-state index is -0.129. The molecule has 1 atom stereocenters. The van der Waals surface area contributed by atoms with E-state index in [4.69, 9.17) is 14.2 Å². The summed E-state index contributed by atoms with van der Waals surface area (Å²) in [5, 5.41) is 0. The van der Waals surface area contributed by atoms with Crippen LogP contribution in [0.5, 0.6) is 5.88 Å². The third-order valence-corrected chi connectivity index (χ3v) is 4.77. The topological polar surface area (TPSA) is 69.6 Å². The minimum absolute atomic E-state index is 0.129. The third kappa shape index (κ3) is 3.57. The fraction of sp³-hybridized carbons (Fsp3) is 0.500. The molecule has 7 nitrogen and oxygen atoms in total. The molecule has 1 unspecified atom stereocenters. The van der Waals surface area contributed by atoms with E-state index < -0.39 is 0 Å². The van der Waals surface area contributed by atoms with Crippen molar-refractivity contribution in [2.45, 2.75) is 31.2 Å². The molecule has 7 heteroatoms. The molecule has 0 bridgehead atoms. The Morgan fingerprint density at radius 3 is 3.08 bits per heavy atom. The van der Waals surface area contributed by atoms with Crippen molar-refractivity contribution in [2.75, 3.05) is 31.7 Å². The van der Waals surface area contributed by atoms with Crippen molar-refractivity contribution >= 4 is 5.82 Å². The van der Waals surface area contributed by atoms with Gasteiger partial charge in [-0.25, -0.2) is 9.97 Å². The van der Waals surface area contributed by atoms with Crippen LogP contribution in [0.1, 0.15) is 18.4 Å². The monoisotopic (exact) mass is 342 g/mol. The Morgan fingerprint density at radius 1 is 1.36 bits per heavy atom. The van der Waals surface area contributed by atoms with Gasteiger partial charge in [0.2, 0.25) is 5.88 Å². The van der Waals surface area contributed by atoms with Crippen molar-refractivity contribution in [3.05, 3.63) is 42.5 Å². The van der Waals surface area contributed by atoms with E-state index in [1.807, 2.05) is 24.4 Å². The number of rotatable bonds is 5. The van der Waals surface area contributed by atoms with Crippen LogP contribution in [0.4, 0.5) is 5.82 Å². The van der Waals surface area contributed by atoms with E-state index in [0.717, 1.165) is 43.9 Å². The molecule has 0 aliphatic carbocycles. The number of pyridine rings is 1. The maximum atomic E-state index is 6.09. The van der Waals surface area contributed by atoms with Crippen molar-refractivity contribution in [2.24, 2.45) is 0 Å². The van der Waals surface area contributed by atoms with E-state index in [0.29, 0.717) is 12.5 Å². The Hall–Kier alpha value is -2.25. The molecule has 2 aromatic heterocycles. The second-order valence-corrected chi connectivity index (χ2v) is 6.59. The molecule has 0 amide bonds. The number of aromatic nitrogens is 3. The molecule has 2 aliphatic rings. The maximum absolute atomic E-state index is 6.09. The summed E-state index contributed by atoms with van der Waals surface area (Å²) in [4.78, 5) is 14.7. The molecule has 2 aliphatic heterocycles. The van der Waals surface area contributed by atoms with E-state index >= 15 is 0 Å². The van der Waals surface area contributed by atoms with E-state index in [2.05, 4.69) is 19.9 Å². The fourth-order valence-electron chi connectivity index (χ4n) is 3.47. The molecular formula is C18H22N4O3.